The van der Waals surface area contributed by atoms with Gasteiger partial charge in [-0.2, -0.15) is 0 Å². The molecule has 2 N–H and O–H groups in total. The number of aryl methyl sites for hydroxylation is 3. The second-order valence-corrected chi connectivity index (χ2v) is 5.38. The predicted octanol–water partition coefficient (Wildman–Crippen LogP) is 2.99. The van der Waals surface area contributed by atoms with E-state index in [2.05, 4.69) is 36.3 Å². The number of carbonyl (C=O) groups is 1. The van der Waals surface area contributed by atoms with Crippen molar-refractivity contribution >= 4 is 16.8 Å². The monoisotopic (exact) mass is 242 g/mol. The molecule has 0 aliphatic heterocycles. The van der Waals surface area contributed by atoms with Crippen LogP contribution in [0.4, 0.5) is 0 Å². The molecule has 1 aliphatic rings. The summed E-state index contributed by atoms with van der Waals surface area (Å²) in [6.45, 7) is 6.11. The molecule has 0 unspecified atom stereocenters. The smallest absolute Gasteiger partial charge is 0.253 e. The standard InChI is InChI=1S/C15H18N2O/c1-8-6-9(2)13-12(7-8)16-10(3)14(13)15(18)17-11-4-5-11/h6-7,11,16H,4-5H2,1-3H3,(H,17,18). The number of aromatic nitrogens is 1. The van der Waals surface area contributed by atoms with Gasteiger partial charge in [-0.25, -0.2) is 0 Å². The lowest BCUT2D eigenvalue weighted by Gasteiger charge is -2.05. The van der Waals surface area contributed by atoms with Gasteiger partial charge in [0.05, 0.1) is 5.56 Å². The fourth-order valence-electron chi connectivity index (χ4n) is 2.62. The molecule has 3 rings (SSSR count). The zero-order valence-electron chi connectivity index (χ0n) is 11.1. The van der Waals surface area contributed by atoms with Gasteiger partial charge < -0.3 is 10.3 Å². The molecule has 3 heteroatoms. The van der Waals surface area contributed by atoms with Gasteiger partial charge >= 0.3 is 0 Å². The highest BCUT2D eigenvalue weighted by Gasteiger charge is 2.26. The Morgan fingerprint density at radius 2 is 2.00 bits per heavy atom. The van der Waals surface area contributed by atoms with E-state index in [0.29, 0.717) is 6.04 Å². The average molecular weight is 242 g/mol. The number of amides is 1. The molecule has 1 aromatic carbocycles. The topological polar surface area (TPSA) is 44.9 Å². The number of aromatic amines is 1. The van der Waals surface area contributed by atoms with Crippen LogP contribution in [0.2, 0.25) is 0 Å². The molecule has 1 fully saturated rings. The maximum absolute atomic E-state index is 12.3. The summed E-state index contributed by atoms with van der Waals surface area (Å²) in [5.74, 6) is 0.0632. The second kappa shape index (κ2) is 3.87. The van der Waals surface area contributed by atoms with Crippen LogP contribution in [0.15, 0.2) is 12.1 Å². The fourth-order valence-corrected chi connectivity index (χ4v) is 2.62. The van der Waals surface area contributed by atoms with E-state index in [0.717, 1.165) is 40.6 Å². The molecule has 94 valence electrons. The molecule has 1 aliphatic carbocycles. The van der Waals surface area contributed by atoms with Gasteiger partial charge in [0.15, 0.2) is 0 Å². The summed E-state index contributed by atoms with van der Waals surface area (Å²) in [7, 11) is 0. The molecule has 1 aromatic heterocycles. The van der Waals surface area contributed by atoms with Crippen molar-refractivity contribution in [2.24, 2.45) is 0 Å². The van der Waals surface area contributed by atoms with Gasteiger partial charge in [0, 0.05) is 22.6 Å². The van der Waals surface area contributed by atoms with Crippen LogP contribution in [0.5, 0.6) is 0 Å². The minimum Gasteiger partial charge on any atom is -0.358 e. The number of hydrogen-bond donors (Lipinski definition) is 2. The van der Waals surface area contributed by atoms with E-state index in [-0.39, 0.29) is 5.91 Å². The molecule has 2 aromatic rings. The average Bonchev–Trinajstić information content (AvgIpc) is 3.00. The van der Waals surface area contributed by atoms with Crippen LogP contribution in [0.1, 0.15) is 40.0 Å². The summed E-state index contributed by atoms with van der Waals surface area (Å²) in [6.07, 6.45) is 2.23. The molecule has 0 atom stereocenters. The van der Waals surface area contributed by atoms with Gasteiger partial charge in [0.1, 0.15) is 0 Å². The van der Waals surface area contributed by atoms with Crippen molar-refractivity contribution in [3.63, 3.8) is 0 Å². The van der Waals surface area contributed by atoms with E-state index in [4.69, 9.17) is 0 Å². The Hall–Kier alpha value is -1.77. The number of fused-ring (bicyclic) bond motifs is 1. The van der Waals surface area contributed by atoms with Crippen LogP contribution in [0.25, 0.3) is 10.9 Å². The first-order valence-electron chi connectivity index (χ1n) is 6.46. The van der Waals surface area contributed by atoms with Crippen molar-refractivity contribution in [3.8, 4) is 0 Å². The maximum atomic E-state index is 12.3. The first kappa shape index (κ1) is 11.3. The van der Waals surface area contributed by atoms with E-state index in [1.807, 2.05) is 6.92 Å². The van der Waals surface area contributed by atoms with E-state index >= 15 is 0 Å². The van der Waals surface area contributed by atoms with E-state index < -0.39 is 0 Å². The third-order valence-electron chi connectivity index (χ3n) is 3.57. The number of carbonyl (C=O) groups excluding carboxylic acids is 1. The quantitative estimate of drug-likeness (QED) is 0.835. The Labute approximate surface area is 107 Å². The summed E-state index contributed by atoms with van der Waals surface area (Å²) >= 11 is 0. The Morgan fingerprint density at radius 3 is 2.67 bits per heavy atom. The Morgan fingerprint density at radius 1 is 1.28 bits per heavy atom. The van der Waals surface area contributed by atoms with E-state index in [1.165, 1.54) is 5.56 Å². The van der Waals surface area contributed by atoms with E-state index in [9.17, 15) is 4.79 Å². The summed E-state index contributed by atoms with van der Waals surface area (Å²) in [5, 5.41) is 4.14. The van der Waals surface area contributed by atoms with Crippen LogP contribution in [0.3, 0.4) is 0 Å². The van der Waals surface area contributed by atoms with Crippen LogP contribution >= 0.6 is 0 Å². The Bertz CT molecular complexity index is 635. The van der Waals surface area contributed by atoms with E-state index in [1.54, 1.807) is 0 Å². The molecule has 0 radical (unpaired) electrons. The van der Waals surface area contributed by atoms with Crippen LogP contribution < -0.4 is 5.32 Å². The van der Waals surface area contributed by atoms with Gasteiger partial charge in [-0.3, -0.25) is 4.79 Å². The minimum absolute atomic E-state index is 0.0632. The molecule has 18 heavy (non-hydrogen) atoms. The lowest BCUT2D eigenvalue weighted by atomic mass is 10.0. The SMILES string of the molecule is Cc1cc(C)c2c(C(=O)NC3CC3)c(C)[nH]c2c1. The third-order valence-corrected chi connectivity index (χ3v) is 3.57. The number of benzene rings is 1. The molecule has 1 amide bonds. The Balaban J connectivity index is 2.14. The molecule has 1 heterocycles. The largest absolute Gasteiger partial charge is 0.358 e. The van der Waals surface area contributed by atoms with Crippen LogP contribution in [-0.4, -0.2) is 16.9 Å². The number of nitrogens with one attached hydrogen (secondary N) is 2. The maximum Gasteiger partial charge on any atom is 0.253 e. The number of H-pyrrole nitrogens is 1. The first-order valence-corrected chi connectivity index (χ1v) is 6.46. The van der Waals surface area contributed by atoms with Crippen molar-refractivity contribution in [2.45, 2.75) is 39.7 Å². The molecule has 0 bridgehead atoms. The molecule has 3 nitrogen and oxygen atoms in total. The van der Waals surface area contributed by atoms with Crippen molar-refractivity contribution in [1.82, 2.24) is 10.3 Å². The normalized spacial score (nSPS) is 15.1. The van der Waals surface area contributed by atoms with Crippen LogP contribution in [0, 0.1) is 20.8 Å². The highest BCUT2D eigenvalue weighted by Crippen LogP contribution is 2.28. The van der Waals surface area contributed by atoms with Crippen molar-refractivity contribution in [3.05, 3.63) is 34.5 Å². The highest BCUT2D eigenvalue weighted by atomic mass is 16.1. The molecular weight excluding hydrogens is 224 g/mol. The minimum atomic E-state index is 0.0632. The number of rotatable bonds is 2. The molecular formula is C15H18N2O. The zero-order valence-corrected chi connectivity index (χ0v) is 11.1. The molecule has 1 saturated carbocycles. The molecule has 0 spiro atoms. The lowest BCUT2D eigenvalue weighted by molar-refractivity contribution is 0.0952. The summed E-state index contributed by atoms with van der Waals surface area (Å²) in [4.78, 5) is 15.6. The number of hydrogen-bond acceptors (Lipinski definition) is 1. The summed E-state index contributed by atoms with van der Waals surface area (Å²) < 4.78 is 0. The van der Waals surface area contributed by atoms with Crippen LogP contribution in [-0.2, 0) is 0 Å². The van der Waals surface area contributed by atoms with Gasteiger partial charge in [-0.05, 0) is 50.8 Å². The Kier molecular flexibility index (Phi) is 2.44. The summed E-state index contributed by atoms with van der Waals surface area (Å²) in [6, 6.07) is 4.62. The van der Waals surface area contributed by atoms with Gasteiger partial charge in [0.2, 0.25) is 0 Å². The van der Waals surface area contributed by atoms with Crippen molar-refractivity contribution < 1.29 is 4.79 Å². The first-order chi connectivity index (χ1) is 8.56. The van der Waals surface area contributed by atoms with Gasteiger partial charge in [-0.15, -0.1) is 0 Å². The fraction of sp³-hybridized carbons (Fsp3) is 0.400. The lowest BCUT2D eigenvalue weighted by Crippen LogP contribution is -2.25. The second-order valence-electron chi connectivity index (χ2n) is 5.38. The third kappa shape index (κ3) is 1.80. The predicted molar refractivity (Wildman–Crippen MR) is 73.0 cm³/mol. The van der Waals surface area contributed by atoms with Gasteiger partial charge in [-0.1, -0.05) is 6.07 Å². The van der Waals surface area contributed by atoms with Crippen molar-refractivity contribution in [1.29, 1.82) is 0 Å². The zero-order chi connectivity index (χ0) is 12.9. The molecule has 0 saturated heterocycles. The summed E-state index contributed by atoms with van der Waals surface area (Å²) in [5.41, 5.74) is 5.21. The highest BCUT2D eigenvalue weighted by molar-refractivity contribution is 6.09. The van der Waals surface area contributed by atoms with Gasteiger partial charge in [0.25, 0.3) is 5.91 Å². The van der Waals surface area contributed by atoms with Crippen molar-refractivity contribution in [2.75, 3.05) is 0 Å².